The van der Waals surface area contributed by atoms with Gasteiger partial charge in [-0.25, -0.2) is 14.4 Å². The van der Waals surface area contributed by atoms with Gasteiger partial charge in [0.1, 0.15) is 12.1 Å². The Kier molecular flexibility index (Phi) is 9.11. The molecule has 5 nitrogen and oxygen atoms in total. The molecule has 7 heteroatoms. The summed E-state index contributed by atoms with van der Waals surface area (Å²) in [4.78, 5) is 9.10. The molecule has 0 radical (unpaired) electrons. The lowest BCUT2D eigenvalue weighted by molar-refractivity contribution is 0.571. The van der Waals surface area contributed by atoms with Gasteiger partial charge in [-0.1, -0.05) is 29.8 Å². The Morgan fingerprint density at radius 3 is 2.66 bits per heavy atom. The van der Waals surface area contributed by atoms with Crippen LogP contribution in [0.15, 0.2) is 64.2 Å². The largest absolute Gasteiger partial charge is 0.444 e. The van der Waals surface area contributed by atoms with Crippen molar-refractivity contribution in [2.24, 2.45) is 4.99 Å². The summed E-state index contributed by atoms with van der Waals surface area (Å²) >= 11 is 0. The molecule has 0 saturated heterocycles. The third kappa shape index (κ3) is 7.16. The van der Waals surface area contributed by atoms with Crippen LogP contribution in [-0.4, -0.2) is 24.0 Å². The first kappa shape index (κ1) is 22.9. The fourth-order valence-electron chi connectivity index (χ4n) is 2.78. The molecule has 0 aliphatic rings. The lowest BCUT2D eigenvalue weighted by Crippen LogP contribution is -2.38. The minimum atomic E-state index is -0.277. The van der Waals surface area contributed by atoms with E-state index in [1.165, 1.54) is 23.3 Å². The summed E-state index contributed by atoms with van der Waals surface area (Å²) in [6.45, 7) is 6.20. The van der Waals surface area contributed by atoms with Gasteiger partial charge >= 0.3 is 0 Å². The molecule has 0 atom stereocenters. The second-order valence-electron chi connectivity index (χ2n) is 6.51. The molecule has 3 rings (SSSR count). The molecule has 2 N–H and O–H groups in total. The molecule has 1 heterocycles. The van der Waals surface area contributed by atoms with E-state index < -0.39 is 0 Å². The van der Waals surface area contributed by atoms with E-state index >= 15 is 0 Å². The molecule has 0 spiro atoms. The molecule has 0 bridgehead atoms. The highest BCUT2D eigenvalue weighted by molar-refractivity contribution is 14.0. The summed E-state index contributed by atoms with van der Waals surface area (Å²) in [7, 11) is 0. The molecule has 29 heavy (non-hydrogen) atoms. The number of guanidine groups is 1. The van der Waals surface area contributed by atoms with Gasteiger partial charge in [-0.15, -0.1) is 24.0 Å². The zero-order valence-corrected chi connectivity index (χ0v) is 18.9. The van der Waals surface area contributed by atoms with Crippen molar-refractivity contribution >= 4 is 29.9 Å². The van der Waals surface area contributed by atoms with Crippen molar-refractivity contribution < 1.29 is 8.81 Å². The van der Waals surface area contributed by atoms with Crippen molar-refractivity contribution in [1.82, 2.24) is 15.6 Å². The van der Waals surface area contributed by atoms with Crippen molar-refractivity contribution in [3.05, 3.63) is 77.4 Å². The first-order valence-electron chi connectivity index (χ1n) is 9.42. The summed E-state index contributed by atoms with van der Waals surface area (Å²) in [6.07, 6.45) is 2.33. The number of aliphatic imine (C=N–C) groups is 1. The normalized spacial score (nSPS) is 11.1. The average molecular weight is 508 g/mol. The van der Waals surface area contributed by atoms with E-state index in [9.17, 15) is 4.39 Å². The second kappa shape index (κ2) is 11.5. The summed E-state index contributed by atoms with van der Waals surface area (Å²) < 4.78 is 18.5. The molecule has 1 aromatic heterocycles. The summed E-state index contributed by atoms with van der Waals surface area (Å²) in [5.41, 5.74) is 4.00. The quantitative estimate of drug-likeness (QED) is 0.276. The fourth-order valence-corrected chi connectivity index (χ4v) is 2.78. The lowest BCUT2D eigenvalue weighted by Gasteiger charge is -2.10. The maximum absolute atomic E-state index is 13.0. The van der Waals surface area contributed by atoms with E-state index in [2.05, 4.69) is 45.7 Å². The maximum atomic E-state index is 13.0. The number of rotatable bonds is 7. The molecule has 0 unspecified atom stereocenters. The van der Waals surface area contributed by atoms with Crippen LogP contribution in [0.3, 0.4) is 0 Å². The summed E-state index contributed by atoms with van der Waals surface area (Å²) in [6, 6.07) is 14.4. The van der Waals surface area contributed by atoms with E-state index in [0.29, 0.717) is 25.4 Å². The van der Waals surface area contributed by atoms with Crippen LogP contribution in [0, 0.1) is 12.7 Å². The predicted molar refractivity (Wildman–Crippen MR) is 125 cm³/mol. The van der Waals surface area contributed by atoms with Crippen molar-refractivity contribution in [3.8, 4) is 11.5 Å². The maximum Gasteiger partial charge on any atom is 0.226 e. The number of aryl methyl sites for hydroxylation is 1. The van der Waals surface area contributed by atoms with Crippen LogP contribution in [0.25, 0.3) is 11.5 Å². The van der Waals surface area contributed by atoms with E-state index in [1.807, 2.05) is 13.0 Å². The van der Waals surface area contributed by atoms with Gasteiger partial charge in [0.2, 0.25) is 5.89 Å². The second-order valence-corrected chi connectivity index (χ2v) is 6.51. The summed E-state index contributed by atoms with van der Waals surface area (Å²) in [5, 5.41) is 6.57. The molecule has 0 amide bonds. The number of halogens is 2. The highest BCUT2D eigenvalue weighted by Crippen LogP contribution is 2.19. The number of hydrogen-bond acceptors (Lipinski definition) is 3. The molecular weight excluding hydrogens is 482 g/mol. The van der Waals surface area contributed by atoms with Crippen LogP contribution in [0.5, 0.6) is 0 Å². The Hall–Kier alpha value is -2.42. The fraction of sp³-hybridized carbons (Fsp3) is 0.273. The van der Waals surface area contributed by atoms with Gasteiger partial charge in [0.15, 0.2) is 5.96 Å². The van der Waals surface area contributed by atoms with Gasteiger partial charge in [0.05, 0.1) is 12.2 Å². The van der Waals surface area contributed by atoms with Crippen LogP contribution < -0.4 is 10.6 Å². The van der Waals surface area contributed by atoms with E-state index in [1.54, 1.807) is 18.4 Å². The number of benzene rings is 2. The van der Waals surface area contributed by atoms with Crippen molar-refractivity contribution in [1.29, 1.82) is 0 Å². The Balaban J connectivity index is 0.00000300. The Morgan fingerprint density at radius 2 is 1.93 bits per heavy atom. The third-order valence-corrected chi connectivity index (χ3v) is 4.16. The summed E-state index contributed by atoms with van der Waals surface area (Å²) in [5.74, 6) is 0.988. The smallest absolute Gasteiger partial charge is 0.226 e. The van der Waals surface area contributed by atoms with E-state index in [4.69, 9.17) is 4.42 Å². The Morgan fingerprint density at radius 1 is 1.14 bits per heavy atom. The highest BCUT2D eigenvalue weighted by Gasteiger charge is 2.07. The molecule has 0 aliphatic heterocycles. The molecule has 154 valence electrons. The number of nitrogens with one attached hydrogen (secondary N) is 2. The first-order valence-corrected chi connectivity index (χ1v) is 9.42. The van der Waals surface area contributed by atoms with Crippen LogP contribution in [0.1, 0.15) is 23.7 Å². The van der Waals surface area contributed by atoms with Crippen LogP contribution in [0.4, 0.5) is 4.39 Å². The van der Waals surface area contributed by atoms with Crippen LogP contribution in [0.2, 0.25) is 0 Å². The predicted octanol–water partition coefficient (Wildman–Crippen LogP) is 4.70. The standard InChI is InChI=1S/C22H25FN4O.HI/c1-3-24-22(26-14-17-6-4-5-16(2)13-17)25-12-11-20-15-28-21(27-20)18-7-9-19(23)10-8-18;/h4-10,13,15H,3,11-12,14H2,1-2H3,(H2,24,25,26);1H. The number of nitrogens with zero attached hydrogens (tertiary/aromatic N) is 2. The van der Waals surface area contributed by atoms with Gasteiger partial charge in [0.25, 0.3) is 0 Å². The molecule has 3 aromatic rings. The SMILES string of the molecule is CCNC(=NCc1cccc(C)c1)NCCc1coc(-c2ccc(F)cc2)n1.I. The highest BCUT2D eigenvalue weighted by atomic mass is 127. The molecule has 2 aromatic carbocycles. The van der Waals surface area contributed by atoms with Crippen molar-refractivity contribution in [2.45, 2.75) is 26.8 Å². The Bertz CT molecular complexity index is 925. The number of oxazole rings is 1. The van der Waals surface area contributed by atoms with Gasteiger partial charge in [-0.05, 0) is 43.7 Å². The van der Waals surface area contributed by atoms with Gasteiger partial charge < -0.3 is 15.1 Å². The average Bonchev–Trinajstić information content (AvgIpc) is 3.15. The molecule has 0 saturated carbocycles. The van der Waals surface area contributed by atoms with Crippen molar-refractivity contribution in [3.63, 3.8) is 0 Å². The topological polar surface area (TPSA) is 62.5 Å². The minimum Gasteiger partial charge on any atom is -0.444 e. The van der Waals surface area contributed by atoms with Crippen LogP contribution >= 0.6 is 24.0 Å². The lowest BCUT2D eigenvalue weighted by atomic mass is 10.1. The minimum absolute atomic E-state index is 0. The van der Waals surface area contributed by atoms with Crippen LogP contribution in [-0.2, 0) is 13.0 Å². The first-order chi connectivity index (χ1) is 13.6. The van der Waals surface area contributed by atoms with E-state index in [0.717, 1.165) is 23.8 Å². The number of aromatic nitrogens is 1. The van der Waals surface area contributed by atoms with Gasteiger partial charge in [-0.3, -0.25) is 0 Å². The van der Waals surface area contributed by atoms with Crippen molar-refractivity contribution in [2.75, 3.05) is 13.1 Å². The van der Waals surface area contributed by atoms with Gasteiger partial charge in [0, 0.05) is 25.1 Å². The molecule has 0 fully saturated rings. The van der Waals surface area contributed by atoms with Gasteiger partial charge in [-0.2, -0.15) is 0 Å². The third-order valence-electron chi connectivity index (χ3n) is 4.16. The molecule has 0 aliphatic carbocycles. The zero-order valence-electron chi connectivity index (χ0n) is 16.6. The number of hydrogen-bond donors (Lipinski definition) is 2. The Labute approximate surface area is 187 Å². The zero-order chi connectivity index (χ0) is 19.8. The monoisotopic (exact) mass is 508 g/mol. The van der Waals surface area contributed by atoms with E-state index in [-0.39, 0.29) is 29.8 Å². The molecular formula is C22H26FIN4O.